The summed E-state index contributed by atoms with van der Waals surface area (Å²) in [5, 5.41) is 12.5. The number of carbonyl (C=O) groups excluding carboxylic acids is 1. The van der Waals surface area contributed by atoms with Crippen molar-refractivity contribution in [2.75, 3.05) is 18.5 Å². The van der Waals surface area contributed by atoms with Crippen molar-refractivity contribution in [2.24, 2.45) is 0 Å². The number of halogens is 1. The van der Waals surface area contributed by atoms with Crippen LogP contribution in [-0.2, 0) is 4.79 Å². The summed E-state index contributed by atoms with van der Waals surface area (Å²) in [6, 6.07) is 13.9. The monoisotopic (exact) mass is 370 g/mol. The van der Waals surface area contributed by atoms with Crippen LogP contribution in [0.4, 0.5) is 5.69 Å². The van der Waals surface area contributed by atoms with Gasteiger partial charge in [0.1, 0.15) is 11.6 Å². The molecule has 0 bridgehead atoms. The molecular formula is C20H19ClN2O3. The molecule has 6 heteroatoms. The van der Waals surface area contributed by atoms with Gasteiger partial charge in [-0.1, -0.05) is 23.7 Å². The zero-order chi connectivity index (χ0) is 18.9. The first-order valence-electron chi connectivity index (χ1n) is 8.15. The second kappa shape index (κ2) is 9.50. The summed E-state index contributed by atoms with van der Waals surface area (Å²) < 4.78 is 11.1. The fourth-order valence-electron chi connectivity index (χ4n) is 2.24. The lowest BCUT2D eigenvalue weighted by Gasteiger charge is -2.11. The van der Waals surface area contributed by atoms with Gasteiger partial charge in [-0.05, 0) is 55.8 Å². The van der Waals surface area contributed by atoms with Crippen molar-refractivity contribution in [3.05, 3.63) is 58.6 Å². The first-order valence-corrected chi connectivity index (χ1v) is 8.53. The van der Waals surface area contributed by atoms with Crippen LogP contribution in [0.1, 0.15) is 19.4 Å². The Hall–Kier alpha value is -2.97. The number of anilines is 1. The number of nitrogens with zero attached hydrogens (tertiary/aromatic N) is 1. The highest BCUT2D eigenvalue weighted by Gasteiger charge is 2.11. The number of nitrogens with one attached hydrogen (secondary N) is 1. The van der Waals surface area contributed by atoms with Crippen LogP contribution >= 0.6 is 11.6 Å². The molecule has 0 heterocycles. The number of carbonyl (C=O) groups is 1. The van der Waals surface area contributed by atoms with Gasteiger partial charge in [-0.2, -0.15) is 5.26 Å². The largest absolute Gasteiger partial charge is 0.490 e. The third kappa shape index (κ3) is 5.27. The SMILES string of the molecule is CCOc1ccc(/C=C(/C#N)C(=O)Nc2cccc(Cl)c2)cc1OCC. The van der Waals surface area contributed by atoms with Crippen LogP contribution < -0.4 is 14.8 Å². The molecule has 0 aliphatic rings. The molecule has 0 radical (unpaired) electrons. The van der Waals surface area contributed by atoms with Crippen LogP contribution in [0.3, 0.4) is 0 Å². The molecule has 26 heavy (non-hydrogen) atoms. The highest BCUT2D eigenvalue weighted by atomic mass is 35.5. The third-order valence-electron chi connectivity index (χ3n) is 3.33. The average molecular weight is 371 g/mol. The van der Waals surface area contributed by atoms with E-state index in [-0.39, 0.29) is 5.57 Å². The van der Waals surface area contributed by atoms with Crippen LogP contribution in [-0.4, -0.2) is 19.1 Å². The minimum Gasteiger partial charge on any atom is -0.490 e. The van der Waals surface area contributed by atoms with Crippen molar-refractivity contribution in [1.82, 2.24) is 0 Å². The maximum atomic E-state index is 12.3. The van der Waals surface area contributed by atoms with E-state index in [1.54, 1.807) is 42.5 Å². The Morgan fingerprint density at radius 3 is 2.54 bits per heavy atom. The minimum atomic E-state index is -0.512. The molecule has 0 saturated carbocycles. The number of hydrogen-bond acceptors (Lipinski definition) is 4. The summed E-state index contributed by atoms with van der Waals surface area (Å²) in [7, 11) is 0. The summed E-state index contributed by atoms with van der Waals surface area (Å²) in [5.74, 6) is 0.672. The Morgan fingerprint density at radius 2 is 1.88 bits per heavy atom. The Kier molecular flexibility index (Phi) is 7.07. The molecule has 0 aromatic heterocycles. The fraction of sp³-hybridized carbons (Fsp3) is 0.200. The van der Waals surface area contributed by atoms with Crippen molar-refractivity contribution in [3.8, 4) is 17.6 Å². The summed E-state index contributed by atoms with van der Waals surface area (Å²) in [5.41, 5.74) is 1.15. The quantitative estimate of drug-likeness (QED) is 0.567. The number of benzene rings is 2. The lowest BCUT2D eigenvalue weighted by molar-refractivity contribution is -0.112. The van der Waals surface area contributed by atoms with E-state index in [0.29, 0.717) is 41.0 Å². The molecule has 0 aliphatic carbocycles. The number of nitriles is 1. The van der Waals surface area contributed by atoms with E-state index in [1.807, 2.05) is 19.9 Å². The Balaban J connectivity index is 2.25. The van der Waals surface area contributed by atoms with Gasteiger partial charge in [0, 0.05) is 10.7 Å². The van der Waals surface area contributed by atoms with Gasteiger partial charge in [-0.3, -0.25) is 4.79 Å². The van der Waals surface area contributed by atoms with Gasteiger partial charge < -0.3 is 14.8 Å². The topological polar surface area (TPSA) is 71.3 Å². The van der Waals surface area contributed by atoms with E-state index < -0.39 is 5.91 Å². The maximum absolute atomic E-state index is 12.3. The van der Waals surface area contributed by atoms with Crippen LogP contribution in [0, 0.1) is 11.3 Å². The second-order valence-electron chi connectivity index (χ2n) is 5.21. The smallest absolute Gasteiger partial charge is 0.266 e. The molecule has 0 spiro atoms. The zero-order valence-electron chi connectivity index (χ0n) is 14.6. The molecule has 2 rings (SSSR count). The van der Waals surface area contributed by atoms with E-state index in [0.717, 1.165) is 0 Å². The summed E-state index contributed by atoms with van der Waals surface area (Å²) in [6.45, 7) is 4.75. The second-order valence-corrected chi connectivity index (χ2v) is 5.64. The number of ether oxygens (including phenoxy) is 2. The van der Waals surface area contributed by atoms with Gasteiger partial charge >= 0.3 is 0 Å². The maximum Gasteiger partial charge on any atom is 0.266 e. The van der Waals surface area contributed by atoms with E-state index in [2.05, 4.69) is 5.32 Å². The predicted molar refractivity (Wildman–Crippen MR) is 102 cm³/mol. The van der Waals surface area contributed by atoms with Gasteiger partial charge in [-0.25, -0.2) is 0 Å². The average Bonchev–Trinajstić information content (AvgIpc) is 2.62. The van der Waals surface area contributed by atoms with Crippen molar-refractivity contribution in [3.63, 3.8) is 0 Å². The summed E-state index contributed by atoms with van der Waals surface area (Å²) in [4.78, 5) is 12.3. The Morgan fingerprint density at radius 1 is 1.15 bits per heavy atom. The zero-order valence-corrected chi connectivity index (χ0v) is 15.3. The molecule has 5 nitrogen and oxygen atoms in total. The molecule has 0 saturated heterocycles. The highest BCUT2D eigenvalue weighted by molar-refractivity contribution is 6.31. The van der Waals surface area contributed by atoms with E-state index in [1.165, 1.54) is 6.08 Å². The number of amides is 1. The molecule has 134 valence electrons. The van der Waals surface area contributed by atoms with Gasteiger partial charge in [0.15, 0.2) is 11.5 Å². The van der Waals surface area contributed by atoms with Gasteiger partial charge in [0.2, 0.25) is 0 Å². The lowest BCUT2D eigenvalue weighted by Crippen LogP contribution is -2.13. The van der Waals surface area contributed by atoms with Crippen LogP contribution in [0.15, 0.2) is 48.0 Å². The lowest BCUT2D eigenvalue weighted by atomic mass is 10.1. The normalized spacial score (nSPS) is 10.8. The summed E-state index contributed by atoms with van der Waals surface area (Å²) >= 11 is 5.90. The molecule has 0 unspecified atom stereocenters. The van der Waals surface area contributed by atoms with Gasteiger partial charge in [0.05, 0.1) is 13.2 Å². The summed E-state index contributed by atoms with van der Waals surface area (Å²) in [6.07, 6.45) is 1.50. The van der Waals surface area contributed by atoms with Crippen molar-refractivity contribution in [2.45, 2.75) is 13.8 Å². The van der Waals surface area contributed by atoms with Crippen LogP contribution in [0.5, 0.6) is 11.5 Å². The van der Waals surface area contributed by atoms with Gasteiger partial charge in [-0.15, -0.1) is 0 Å². The van der Waals surface area contributed by atoms with Gasteiger partial charge in [0.25, 0.3) is 5.91 Å². The molecule has 1 amide bonds. The highest BCUT2D eigenvalue weighted by Crippen LogP contribution is 2.29. The van der Waals surface area contributed by atoms with Crippen molar-refractivity contribution < 1.29 is 14.3 Å². The van der Waals surface area contributed by atoms with Crippen molar-refractivity contribution >= 4 is 29.3 Å². The molecule has 0 fully saturated rings. The van der Waals surface area contributed by atoms with Crippen LogP contribution in [0.25, 0.3) is 6.08 Å². The third-order valence-corrected chi connectivity index (χ3v) is 3.56. The molecule has 1 N–H and O–H groups in total. The fourth-order valence-corrected chi connectivity index (χ4v) is 2.43. The first-order chi connectivity index (χ1) is 12.6. The number of hydrogen-bond donors (Lipinski definition) is 1. The molecule has 2 aromatic carbocycles. The first kappa shape index (κ1) is 19.4. The number of rotatable bonds is 7. The molecule has 0 atom stereocenters. The van der Waals surface area contributed by atoms with E-state index in [9.17, 15) is 10.1 Å². The minimum absolute atomic E-state index is 0.0309. The molecule has 0 aliphatic heterocycles. The predicted octanol–water partition coefficient (Wildman–Crippen LogP) is 4.68. The molecular weight excluding hydrogens is 352 g/mol. The van der Waals surface area contributed by atoms with Crippen LogP contribution in [0.2, 0.25) is 5.02 Å². The standard InChI is InChI=1S/C20H19ClN2O3/c1-3-25-18-9-8-14(11-19(18)26-4-2)10-15(13-22)20(24)23-17-7-5-6-16(21)12-17/h5-12H,3-4H2,1-2H3,(H,23,24)/b15-10-. The van der Waals surface area contributed by atoms with E-state index in [4.69, 9.17) is 21.1 Å². The Labute approximate surface area is 157 Å². The molecule has 2 aromatic rings. The van der Waals surface area contributed by atoms with E-state index >= 15 is 0 Å². The Bertz CT molecular complexity index is 856. The van der Waals surface area contributed by atoms with Crippen molar-refractivity contribution in [1.29, 1.82) is 5.26 Å².